The fourth-order valence-electron chi connectivity index (χ4n) is 4.14. The van der Waals surface area contributed by atoms with E-state index >= 15 is 0 Å². The molecule has 0 radical (unpaired) electrons. The van der Waals surface area contributed by atoms with Gasteiger partial charge in [-0.25, -0.2) is 0 Å². The molecule has 0 saturated carbocycles. The zero-order valence-electron chi connectivity index (χ0n) is 34.8. The summed E-state index contributed by atoms with van der Waals surface area (Å²) >= 11 is 0. The van der Waals surface area contributed by atoms with Crippen LogP contribution in [0.15, 0.2) is 0 Å². The average Bonchev–Trinajstić information content (AvgIpc) is 3.10. The van der Waals surface area contributed by atoms with Gasteiger partial charge >= 0.3 is 11.9 Å². The number of hydrogen-bond acceptors (Lipinski definition) is 17. The topological polar surface area (TPSA) is 178 Å². The third-order valence-electron chi connectivity index (χ3n) is 6.61. The first-order chi connectivity index (χ1) is 26.4. The van der Waals surface area contributed by atoms with Crippen molar-refractivity contribution in [3.05, 3.63) is 0 Å². The van der Waals surface area contributed by atoms with Crippen molar-refractivity contribution in [3.8, 4) is 0 Å². The minimum Gasteiger partial charge on any atom is -0.460 e. The molecule has 0 atom stereocenters. The van der Waals surface area contributed by atoms with Gasteiger partial charge in [0.05, 0.1) is 165 Å². The van der Waals surface area contributed by atoms with E-state index in [9.17, 15) is 9.59 Å². The van der Waals surface area contributed by atoms with Crippen molar-refractivity contribution in [1.82, 2.24) is 4.90 Å². The molecule has 0 rings (SSSR count). The molecule has 0 heterocycles. The Kier molecular flexibility index (Phi) is 36.9. The maximum atomic E-state index is 11.7. The first-order valence-corrected chi connectivity index (χ1v) is 19.5. The van der Waals surface area contributed by atoms with Crippen LogP contribution in [0.2, 0.25) is 0 Å². The standard InChI is InChI=1S/C38H75NO16/c1-37(2,3)54-35(41)7-13-43-19-25-49-31-33-52-28-22-46-16-10-39(9-15-45-21-27-51-30-24-48-18-12-40)11-17-47-23-29-53-34-32-50-26-20-44-14-8-36(42)55-38(4,5)6/h40H,7-34H2,1-6H3. The molecule has 0 bridgehead atoms. The Morgan fingerprint density at radius 2 is 0.582 bits per heavy atom. The summed E-state index contributed by atoms with van der Waals surface area (Å²) in [5.41, 5.74) is -0.983. The van der Waals surface area contributed by atoms with E-state index in [4.69, 9.17) is 66.7 Å². The van der Waals surface area contributed by atoms with Gasteiger partial charge in [-0.05, 0) is 41.5 Å². The molecule has 0 aromatic carbocycles. The average molecular weight is 802 g/mol. The van der Waals surface area contributed by atoms with E-state index in [2.05, 4.69) is 4.90 Å². The summed E-state index contributed by atoms with van der Waals surface area (Å²) in [5, 5.41) is 8.73. The van der Waals surface area contributed by atoms with E-state index in [1.807, 2.05) is 41.5 Å². The number of hydrogen-bond donors (Lipinski definition) is 1. The molecule has 1 N–H and O–H groups in total. The molecule has 0 aliphatic heterocycles. The Balaban J connectivity index is 3.97. The van der Waals surface area contributed by atoms with Crippen LogP contribution >= 0.6 is 0 Å². The molecule has 0 aliphatic rings. The SMILES string of the molecule is CC(C)(C)OC(=O)CCOCCOCCOCCOCCN(CCOCCOCCOCCO)CCOCCOCCOCCOCCC(=O)OC(C)(C)C. The lowest BCUT2D eigenvalue weighted by atomic mass is 10.2. The molecule has 0 spiro atoms. The summed E-state index contributed by atoms with van der Waals surface area (Å²) in [6.45, 7) is 22.8. The third-order valence-corrected chi connectivity index (χ3v) is 6.61. The highest BCUT2D eigenvalue weighted by Crippen LogP contribution is 2.09. The number of ether oxygens (including phenoxy) is 13. The lowest BCUT2D eigenvalue weighted by molar-refractivity contribution is -0.157. The quantitative estimate of drug-likeness (QED) is 0.0700. The Morgan fingerprint density at radius 1 is 0.364 bits per heavy atom. The maximum absolute atomic E-state index is 11.7. The highest BCUT2D eigenvalue weighted by Gasteiger charge is 2.16. The predicted molar refractivity (Wildman–Crippen MR) is 203 cm³/mol. The smallest absolute Gasteiger partial charge is 0.308 e. The summed E-state index contributed by atoms with van der Waals surface area (Å²) in [5.74, 6) is -0.552. The van der Waals surface area contributed by atoms with Crippen LogP contribution in [0.1, 0.15) is 54.4 Å². The number of carbonyl (C=O) groups is 2. The van der Waals surface area contributed by atoms with Crippen LogP contribution in [0, 0.1) is 0 Å². The Bertz CT molecular complexity index is 799. The zero-order chi connectivity index (χ0) is 40.7. The molecule has 0 aromatic rings. The van der Waals surface area contributed by atoms with E-state index in [0.29, 0.717) is 165 Å². The van der Waals surface area contributed by atoms with Crippen LogP contribution in [0.5, 0.6) is 0 Å². The Hall–Kier alpha value is -1.58. The molecule has 0 amide bonds. The van der Waals surface area contributed by atoms with Crippen LogP contribution in [0.25, 0.3) is 0 Å². The van der Waals surface area contributed by atoms with E-state index in [1.54, 1.807) is 0 Å². The predicted octanol–water partition coefficient (Wildman–Crippen LogP) is 1.93. The zero-order valence-corrected chi connectivity index (χ0v) is 34.8. The minimum absolute atomic E-state index is 0.000592. The highest BCUT2D eigenvalue weighted by atomic mass is 16.6. The van der Waals surface area contributed by atoms with Gasteiger partial charge in [0.25, 0.3) is 0 Å². The van der Waals surface area contributed by atoms with Gasteiger partial charge < -0.3 is 66.7 Å². The largest absolute Gasteiger partial charge is 0.460 e. The van der Waals surface area contributed by atoms with Gasteiger partial charge in [0, 0.05) is 19.6 Å². The number of aliphatic hydroxyl groups excluding tert-OH is 1. The van der Waals surface area contributed by atoms with Gasteiger partial charge in [-0.15, -0.1) is 0 Å². The van der Waals surface area contributed by atoms with Crippen molar-refractivity contribution in [2.75, 3.05) is 172 Å². The summed E-state index contributed by atoms with van der Waals surface area (Å²) in [6, 6.07) is 0. The molecule has 17 nitrogen and oxygen atoms in total. The first-order valence-electron chi connectivity index (χ1n) is 19.5. The van der Waals surface area contributed by atoms with Gasteiger partial charge in [-0.1, -0.05) is 0 Å². The van der Waals surface area contributed by atoms with Crippen LogP contribution in [0.4, 0.5) is 0 Å². The molecule has 0 unspecified atom stereocenters. The molecule has 17 heteroatoms. The van der Waals surface area contributed by atoms with Crippen molar-refractivity contribution in [2.24, 2.45) is 0 Å². The van der Waals surface area contributed by atoms with Crippen molar-refractivity contribution < 1.29 is 76.3 Å². The van der Waals surface area contributed by atoms with Crippen LogP contribution in [-0.2, 0) is 71.2 Å². The second-order valence-corrected chi connectivity index (χ2v) is 14.0. The number of esters is 2. The summed E-state index contributed by atoms with van der Waals surface area (Å²) < 4.78 is 71.4. The second kappa shape index (κ2) is 38.0. The fraction of sp³-hybridized carbons (Fsp3) is 0.947. The van der Waals surface area contributed by atoms with E-state index in [0.717, 1.165) is 0 Å². The van der Waals surface area contributed by atoms with E-state index in [1.165, 1.54) is 0 Å². The monoisotopic (exact) mass is 802 g/mol. The molecular weight excluding hydrogens is 726 g/mol. The first kappa shape index (κ1) is 53.4. The number of rotatable bonds is 41. The fourth-order valence-corrected chi connectivity index (χ4v) is 4.14. The molecule has 55 heavy (non-hydrogen) atoms. The minimum atomic E-state index is -0.492. The van der Waals surface area contributed by atoms with Gasteiger partial charge in [-0.2, -0.15) is 0 Å². The molecule has 0 aliphatic carbocycles. The number of aliphatic hydroxyl groups is 1. The third kappa shape index (κ3) is 45.0. The van der Waals surface area contributed by atoms with Gasteiger partial charge in [0.2, 0.25) is 0 Å². The lowest BCUT2D eigenvalue weighted by Crippen LogP contribution is -2.34. The number of carbonyl (C=O) groups excluding carboxylic acids is 2. The lowest BCUT2D eigenvalue weighted by Gasteiger charge is -2.22. The molecule has 328 valence electrons. The molecular formula is C38H75NO16. The second-order valence-electron chi connectivity index (χ2n) is 14.0. The number of nitrogens with zero attached hydrogens (tertiary/aromatic N) is 1. The molecule has 0 fully saturated rings. The van der Waals surface area contributed by atoms with E-state index in [-0.39, 0.29) is 31.4 Å². The maximum Gasteiger partial charge on any atom is 0.308 e. The van der Waals surface area contributed by atoms with Crippen LogP contribution in [-0.4, -0.2) is 205 Å². The van der Waals surface area contributed by atoms with Gasteiger partial charge in [-0.3, -0.25) is 14.5 Å². The molecule has 0 saturated heterocycles. The van der Waals surface area contributed by atoms with Gasteiger partial charge in [0.15, 0.2) is 0 Å². The van der Waals surface area contributed by atoms with Crippen molar-refractivity contribution in [2.45, 2.75) is 65.6 Å². The van der Waals surface area contributed by atoms with Gasteiger partial charge in [0.1, 0.15) is 11.2 Å². The summed E-state index contributed by atoms with van der Waals surface area (Å²) in [6.07, 6.45) is 0.431. The highest BCUT2D eigenvalue weighted by molar-refractivity contribution is 5.70. The summed E-state index contributed by atoms with van der Waals surface area (Å²) in [7, 11) is 0. The normalized spacial score (nSPS) is 12.1. The van der Waals surface area contributed by atoms with Crippen LogP contribution < -0.4 is 0 Å². The van der Waals surface area contributed by atoms with Crippen molar-refractivity contribution in [1.29, 1.82) is 0 Å². The summed E-state index contributed by atoms with van der Waals surface area (Å²) in [4.78, 5) is 25.5. The van der Waals surface area contributed by atoms with E-state index < -0.39 is 11.2 Å². The molecule has 0 aromatic heterocycles. The Morgan fingerprint density at radius 3 is 0.818 bits per heavy atom. The Labute approximate surface area is 330 Å². The van der Waals surface area contributed by atoms with Crippen molar-refractivity contribution >= 4 is 11.9 Å². The van der Waals surface area contributed by atoms with Crippen LogP contribution in [0.3, 0.4) is 0 Å². The van der Waals surface area contributed by atoms with Crippen molar-refractivity contribution in [3.63, 3.8) is 0 Å².